The number of hydrogen-bond acceptors (Lipinski definition) is 4. The summed E-state index contributed by atoms with van der Waals surface area (Å²) in [6.07, 6.45) is 3.34. The summed E-state index contributed by atoms with van der Waals surface area (Å²) < 4.78 is 4.83. The van der Waals surface area contributed by atoms with Gasteiger partial charge in [-0.1, -0.05) is 0 Å². The smallest absolute Gasteiger partial charge is 0.325 e. The highest BCUT2D eigenvalue weighted by Crippen LogP contribution is 2.31. The predicted molar refractivity (Wildman–Crippen MR) is 69.9 cm³/mol. The Hall–Kier alpha value is -1.36. The van der Waals surface area contributed by atoms with Crippen LogP contribution in [0.15, 0.2) is 6.07 Å². The molecule has 0 aromatic carbocycles. The quantitative estimate of drug-likeness (QED) is 0.782. The van der Waals surface area contributed by atoms with Gasteiger partial charge in [-0.15, -0.1) is 11.3 Å². The van der Waals surface area contributed by atoms with Crippen LogP contribution < -0.4 is 0 Å². The van der Waals surface area contributed by atoms with Crippen molar-refractivity contribution in [3.05, 3.63) is 21.4 Å². The molecule has 1 heterocycles. The van der Waals surface area contributed by atoms with Crippen molar-refractivity contribution in [1.29, 1.82) is 0 Å². The van der Waals surface area contributed by atoms with E-state index in [1.165, 1.54) is 21.8 Å². The van der Waals surface area contributed by atoms with Gasteiger partial charge in [-0.3, -0.25) is 9.59 Å². The van der Waals surface area contributed by atoms with Gasteiger partial charge in [0.1, 0.15) is 6.54 Å². The van der Waals surface area contributed by atoms with Crippen LogP contribution in [0.4, 0.5) is 0 Å². The fraction of sp³-hybridized carbons (Fsp3) is 0.538. The third-order valence-electron chi connectivity index (χ3n) is 2.98. The number of fused-ring (bicyclic) bond motifs is 1. The van der Waals surface area contributed by atoms with E-state index in [1.807, 2.05) is 6.07 Å². The van der Waals surface area contributed by atoms with Crippen molar-refractivity contribution in [3.63, 3.8) is 0 Å². The number of carbonyl (C=O) groups is 2. The second-order valence-electron chi connectivity index (χ2n) is 4.38. The normalized spacial score (nSPS) is 13.2. The van der Waals surface area contributed by atoms with E-state index in [4.69, 9.17) is 4.74 Å². The molecule has 2 rings (SSSR count). The lowest BCUT2D eigenvalue weighted by atomic mass is 10.2. The Labute approximate surface area is 111 Å². The summed E-state index contributed by atoms with van der Waals surface area (Å²) in [4.78, 5) is 26.9. The van der Waals surface area contributed by atoms with Gasteiger partial charge >= 0.3 is 5.97 Å². The summed E-state index contributed by atoms with van der Waals surface area (Å²) in [5, 5.41) is 0. The first kappa shape index (κ1) is 13.1. The maximum Gasteiger partial charge on any atom is 0.325 e. The molecule has 0 unspecified atom stereocenters. The molecule has 1 aliphatic rings. The minimum Gasteiger partial charge on any atom is -0.465 e. The first-order valence-electron chi connectivity index (χ1n) is 6.14. The third kappa shape index (κ3) is 2.72. The molecule has 98 valence electrons. The number of nitrogens with zero attached hydrogens (tertiary/aromatic N) is 1. The van der Waals surface area contributed by atoms with Gasteiger partial charge < -0.3 is 9.64 Å². The summed E-state index contributed by atoms with van der Waals surface area (Å²) in [5.41, 5.74) is 1.30. The molecule has 0 saturated carbocycles. The van der Waals surface area contributed by atoms with Crippen LogP contribution in [0.5, 0.6) is 0 Å². The molecular formula is C13H17NO3S. The number of ether oxygens (including phenoxy) is 1. The highest BCUT2D eigenvalue weighted by molar-refractivity contribution is 7.14. The Bertz CT molecular complexity index is 445. The van der Waals surface area contributed by atoms with Gasteiger partial charge in [0, 0.05) is 11.9 Å². The zero-order valence-electron chi connectivity index (χ0n) is 10.7. The molecule has 0 saturated heterocycles. The van der Waals surface area contributed by atoms with Crippen molar-refractivity contribution in [2.24, 2.45) is 0 Å². The van der Waals surface area contributed by atoms with Gasteiger partial charge in [-0.05, 0) is 37.8 Å². The van der Waals surface area contributed by atoms with Crippen LogP contribution in [-0.4, -0.2) is 37.0 Å². The molecule has 1 aliphatic carbocycles. The maximum atomic E-state index is 12.1. The van der Waals surface area contributed by atoms with Gasteiger partial charge in [-0.2, -0.15) is 0 Å². The van der Waals surface area contributed by atoms with Crippen LogP contribution in [0.3, 0.4) is 0 Å². The Morgan fingerprint density at radius 2 is 2.22 bits per heavy atom. The molecule has 1 aromatic heterocycles. The van der Waals surface area contributed by atoms with E-state index < -0.39 is 0 Å². The zero-order valence-corrected chi connectivity index (χ0v) is 11.5. The molecular weight excluding hydrogens is 250 g/mol. The molecule has 1 amide bonds. The Kier molecular flexibility index (Phi) is 4.01. The van der Waals surface area contributed by atoms with E-state index in [2.05, 4.69) is 0 Å². The molecule has 18 heavy (non-hydrogen) atoms. The lowest BCUT2D eigenvalue weighted by Crippen LogP contribution is -2.32. The first-order chi connectivity index (χ1) is 8.61. The van der Waals surface area contributed by atoms with Crippen LogP contribution in [-0.2, 0) is 22.4 Å². The van der Waals surface area contributed by atoms with E-state index in [9.17, 15) is 9.59 Å². The SMILES string of the molecule is CCOC(=O)CN(C)C(=O)c1cc2c(s1)CCC2. The van der Waals surface area contributed by atoms with Gasteiger partial charge in [0.25, 0.3) is 5.91 Å². The van der Waals surface area contributed by atoms with Crippen LogP contribution in [0.25, 0.3) is 0 Å². The van der Waals surface area contributed by atoms with Crippen LogP contribution in [0.1, 0.15) is 33.5 Å². The standard InChI is InChI=1S/C13H17NO3S/c1-3-17-12(15)8-14(2)13(16)11-7-9-5-4-6-10(9)18-11/h7H,3-6,8H2,1-2H3. The summed E-state index contributed by atoms with van der Waals surface area (Å²) in [7, 11) is 1.63. The fourth-order valence-electron chi connectivity index (χ4n) is 2.09. The molecule has 0 fully saturated rings. The topological polar surface area (TPSA) is 46.6 Å². The highest BCUT2D eigenvalue weighted by Gasteiger charge is 2.21. The van der Waals surface area contributed by atoms with Crippen molar-refractivity contribution in [1.82, 2.24) is 4.90 Å². The van der Waals surface area contributed by atoms with Gasteiger partial charge in [0.05, 0.1) is 11.5 Å². The number of amides is 1. The average Bonchev–Trinajstić information content (AvgIpc) is 2.87. The molecule has 0 atom stereocenters. The predicted octanol–water partition coefficient (Wildman–Crippen LogP) is 1.87. The van der Waals surface area contributed by atoms with Crippen molar-refractivity contribution in [2.75, 3.05) is 20.2 Å². The van der Waals surface area contributed by atoms with Gasteiger partial charge in [0.2, 0.25) is 0 Å². The van der Waals surface area contributed by atoms with E-state index in [0.717, 1.165) is 17.7 Å². The van der Waals surface area contributed by atoms with E-state index in [-0.39, 0.29) is 18.4 Å². The molecule has 0 N–H and O–H groups in total. The number of thiophene rings is 1. The van der Waals surface area contributed by atoms with Crippen LogP contribution in [0, 0.1) is 0 Å². The fourth-order valence-corrected chi connectivity index (χ4v) is 3.34. The number of hydrogen-bond donors (Lipinski definition) is 0. The Morgan fingerprint density at radius 3 is 2.89 bits per heavy atom. The van der Waals surface area contributed by atoms with E-state index in [0.29, 0.717) is 6.61 Å². The molecule has 1 aromatic rings. The molecule has 0 radical (unpaired) electrons. The first-order valence-corrected chi connectivity index (χ1v) is 6.96. The lowest BCUT2D eigenvalue weighted by molar-refractivity contribution is -0.143. The van der Waals surface area contributed by atoms with Crippen LogP contribution >= 0.6 is 11.3 Å². The molecule has 0 aliphatic heterocycles. The molecule has 0 spiro atoms. The van der Waals surface area contributed by atoms with Crippen molar-refractivity contribution < 1.29 is 14.3 Å². The number of aryl methyl sites for hydroxylation is 2. The van der Waals surface area contributed by atoms with Crippen molar-refractivity contribution in [3.8, 4) is 0 Å². The lowest BCUT2D eigenvalue weighted by Gasteiger charge is -2.14. The Balaban J connectivity index is 1.99. The third-order valence-corrected chi connectivity index (χ3v) is 4.20. The second-order valence-corrected chi connectivity index (χ2v) is 5.52. The Morgan fingerprint density at radius 1 is 1.44 bits per heavy atom. The summed E-state index contributed by atoms with van der Waals surface area (Å²) in [6, 6.07) is 1.97. The maximum absolute atomic E-state index is 12.1. The summed E-state index contributed by atoms with van der Waals surface area (Å²) in [5.74, 6) is -0.458. The van der Waals surface area contributed by atoms with E-state index in [1.54, 1.807) is 25.3 Å². The average molecular weight is 267 g/mol. The van der Waals surface area contributed by atoms with Crippen molar-refractivity contribution in [2.45, 2.75) is 26.2 Å². The number of likely N-dealkylation sites (N-methyl/N-ethyl adjacent to an activating group) is 1. The van der Waals surface area contributed by atoms with Gasteiger partial charge in [0.15, 0.2) is 0 Å². The number of carbonyl (C=O) groups excluding carboxylic acids is 2. The van der Waals surface area contributed by atoms with E-state index >= 15 is 0 Å². The summed E-state index contributed by atoms with van der Waals surface area (Å²) >= 11 is 1.56. The van der Waals surface area contributed by atoms with Gasteiger partial charge in [-0.25, -0.2) is 0 Å². The van der Waals surface area contributed by atoms with Crippen LogP contribution in [0.2, 0.25) is 0 Å². The molecule has 0 bridgehead atoms. The zero-order chi connectivity index (χ0) is 13.1. The summed E-state index contributed by atoms with van der Waals surface area (Å²) in [6.45, 7) is 2.10. The monoisotopic (exact) mass is 267 g/mol. The van der Waals surface area contributed by atoms with Crippen molar-refractivity contribution >= 4 is 23.2 Å². The molecule has 4 nitrogen and oxygen atoms in total. The molecule has 5 heteroatoms. The minimum absolute atomic E-state index is 0.00917. The number of rotatable bonds is 4. The second kappa shape index (κ2) is 5.52. The minimum atomic E-state index is -0.363. The largest absolute Gasteiger partial charge is 0.465 e. The highest BCUT2D eigenvalue weighted by atomic mass is 32.1. The number of esters is 1.